The number of thiocarbonyl (C=S) groups is 1. The lowest BCUT2D eigenvalue weighted by atomic mass is 9.79. The largest absolute Gasteiger partial charge is 0.543 e. The van der Waals surface area contributed by atoms with Crippen LogP contribution in [0.2, 0.25) is 0 Å². The van der Waals surface area contributed by atoms with Gasteiger partial charge in [0.1, 0.15) is 4.32 Å². The second-order valence-electron chi connectivity index (χ2n) is 6.91. The van der Waals surface area contributed by atoms with Crippen LogP contribution >= 0.6 is 24.0 Å². The van der Waals surface area contributed by atoms with Crippen molar-refractivity contribution in [3.05, 3.63) is 10.6 Å². The summed E-state index contributed by atoms with van der Waals surface area (Å²) in [5, 5.41) is 21.5. The molecule has 3 heterocycles. The monoisotopic (exact) mass is 384 g/mol. The first kappa shape index (κ1) is 18.6. The number of hydrogen-bond donors (Lipinski definition) is 1. The molecule has 3 aliphatic rings. The van der Waals surface area contributed by atoms with Crippen molar-refractivity contribution in [2.24, 2.45) is 11.8 Å². The molecule has 3 aliphatic heterocycles. The van der Waals surface area contributed by atoms with Gasteiger partial charge >= 0.3 is 0 Å². The number of carboxylic acid groups (broad SMARTS) is 1. The lowest BCUT2D eigenvalue weighted by Crippen LogP contribution is -2.64. The number of likely N-dealkylation sites (N-methyl/N-ethyl adjacent to an activating group) is 1. The van der Waals surface area contributed by atoms with E-state index in [0.717, 1.165) is 26.2 Å². The number of nitrogens with zero attached hydrogens (tertiary/aromatic N) is 3. The number of carbonyl (C=O) groups is 2. The summed E-state index contributed by atoms with van der Waals surface area (Å²) in [7, 11) is 2.05. The minimum Gasteiger partial charge on any atom is -0.543 e. The van der Waals surface area contributed by atoms with Crippen LogP contribution in [0.15, 0.2) is 10.6 Å². The summed E-state index contributed by atoms with van der Waals surface area (Å²) in [5.41, 5.74) is -0.0825. The van der Waals surface area contributed by atoms with Crippen molar-refractivity contribution in [2.45, 2.75) is 26.0 Å². The number of aliphatic hydroxyl groups is 1. The van der Waals surface area contributed by atoms with Crippen molar-refractivity contribution in [1.29, 1.82) is 0 Å². The summed E-state index contributed by atoms with van der Waals surface area (Å²) in [6.45, 7) is 6.84. The summed E-state index contributed by atoms with van der Waals surface area (Å²) >= 11 is 6.76. The zero-order chi connectivity index (χ0) is 18.5. The number of piperazine rings is 1. The summed E-state index contributed by atoms with van der Waals surface area (Å²) in [6, 6.07) is -0.335. The number of thioether (sulfide) groups is 1. The Morgan fingerprint density at radius 2 is 1.96 bits per heavy atom. The highest BCUT2D eigenvalue weighted by Crippen LogP contribution is 2.50. The third-order valence-corrected chi connectivity index (χ3v) is 6.99. The van der Waals surface area contributed by atoms with Crippen molar-refractivity contribution in [1.82, 2.24) is 14.7 Å². The highest BCUT2D eigenvalue weighted by atomic mass is 32.2. The van der Waals surface area contributed by atoms with Crippen LogP contribution in [0.25, 0.3) is 0 Å². The van der Waals surface area contributed by atoms with E-state index in [9.17, 15) is 19.8 Å². The lowest BCUT2D eigenvalue weighted by Gasteiger charge is -2.47. The van der Waals surface area contributed by atoms with Gasteiger partial charge in [-0.05, 0) is 14.0 Å². The topological polar surface area (TPSA) is 87.1 Å². The summed E-state index contributed by atoms with van der Waals surface area (Å²) in [6.07, 6.45) is -0.812. The molecule has 3 rings (SSSR count). The maximum atomic E-state index is 12.3. The predicted molar refractivity (Wildman–Crippen MR) is 96.3 cm³/mol. The molecule has 2 saturated heterocycles. The maximum absolute atomic E-state index is 12.3. The van der Waals surface area contributed by atoms with Crippen LogP contribution < -0.4 is 5.11 Å². The Kier molecular flexibility index (Phi) is 5.11. The van der Waals surface area contributed by atoms with E-state index in [1.54, 1.807) is 6.92 Å². The molecule has 0 radical (unpaired) electrons. The molecule has 25 heavy (non-hydrogen) atoms. The van der Waals surface area contributed by atoms with E-state index in [4.69, 9.17) is 12.2 Å². The van der Waals surface area contributed by atoms with Crippen molar-refractivity contribution >= 4 is 40.2 Å². The number of aliphatic carboxylic acids is 1. The minimum atomic E-state index is -1.37. The van der Waals surface area contributed by atoms with E-state index >= 15 is 0 Å². The number of carbonyl (C=O) groups excluding carboxylic acids is 2. The molecule has 0 aromatic carbocycles. The van der Waals surface area contributed by atoms with Crippen molar-refractivity contribution < 1.29 is 19.8 Å². The number of carboxylic acids is 1. The standard InChI is InChI=1S/C16H23N3O4S2/c1-8-11-10(9(2)20)14(21)19(11)12(15(22)23)13(8)25-16(24)18-6-4-17(3)5-7-18/h8-11,20H,4-7H2,1-3H3,(H,22,23)/p-1. The van der Waals surface area contributed by atoms with E-state index in [1.807, 2.05) is 6.92 Å². The zero-order valence-electron chi connectivity index (χ0n) is 14.5. The molecule has 7 nitrogen and oxygen atoms in total. The first-order valence-corrected chi connectivity index (χ1v) is 9.58. The highest BCUT2D eigenvalue weighted by Gasteiger charge is 2.58. The van der Waals surface area contributed by atoms with E-state index in [-0.39, 0.29) is 23.6 Å². The number of hydrogen-bond acceptors (Lipinski definition) is 7. The predicted octanol–water partition coefficient (Wildman–Crippen LogP) is -0.929. The molecule has 0 bridgehead atoms. The molecule has 0 aliphatic carbocycles. The number of β-lactam (4-membered cyclic amide) rings is 1. The van der Waals surface area contributed by atoms with Crippen LogP contribution in [0.3, 0.4) is 0 Å². The number of amides is 1. The third kappa shape index (κ3) is 3.07. The number of rotatable bonds is 3. The first-order chi connectivity index (χ1) is 11.7. The van der Waals surface area contributed by atoms with Crippen LogP contribution in [-0.4, -0.2) is 81.4 Å². The van der Waals surface area contributed by atoms with Gasteiger partial charge in [0, 0.05) is 37.0 Å². The van der Waals surface area contributed by atoms with Gasteiger partial charge in [0.05, 0.1) is 29.7 Å². The van der Waals surface area contributed by atoms with Crippen molar-refractivity contribution in [2.75, 3.05) is 33.2 Å². The molecule has 0 saturated carbocycles. The third-order valence-electron chi connectivity index (χ3n) is 5.26. The van der Waals surface area contributed by atoms with E-state index in [2.05, 4.69) is 16.8 Å². The summed E-state index contributed by atoms with van der Waals surface area (Å²) in [5.74, 6) is -2.48. The van der Waals surface area contributed by atoms with Crippen LogP contribution in [0.5, 0.6) is 0 Å². The molecule has 138 valence electrons. The van der Waals surface area contributed by atoms with Crippen LogP contribution in [0.4, 0.5) is 0 Å². The minimum absolute atomic E-state index is 0.0825. The van der Waals surface area contributed by atoms with E-state index in [1.165, 1.54) is 16.7 Å². The number of fused-ring (bicyclic) bond motifs is 1. The molecule has 9 heteroatoms. The normalized spacial score (nSPS) is 31.0. The molecule has 0 spiro atoms. The summed E-state index contributed by atoms with van der Waals surface area (Å²) < 4.78 is 0.622. The van der Waals surface area contributed by atoms with Gasteiger partial charge in [0.2, 0.25) is 5.91 Å². The van der Waals surface area contributed by atoms with Gasteiger partial charge in [-0.3, -0.25) is 4.79 Å². The van der Waals surface area contributed by atoms with Gasteiger partial charge < -0.3 is 29.7 Å². The highest BCUT2D eigenvalue weighted by molar-refractivity contribution is 8.25. The fraction of sp³-hybridized carbons (Fsp3) is 0.688. The fourth-order valence-electron chi connectivity index (χ4n) is 3.79. The lowest BCUT2D eigenvalue weighted by molar-refractivity contribution is -0.301. The zero-order valence-corrected chi connectivity index (χ0v) is 16.1. The fourth-order valence-corrected chi connectivity index (χ4v) is 5.35. The second kappa shape index (κ2) is 6.86. The Labute approximate surface area is 156 Å². The molecule has 0 aromatic rings. The molecular weight excluding hydrogens is 362 g/mol. The van der Waals surface area contributed by atoms with Crippen LogP contribution in [0, 0.1) is 11.8 Å². The number of aliphatic hydroxyl groups excluding tert-OH is 1. The summed E-state index contributed by atoms with van der Waals surface area (Å²) in [4.78, 5) is 30.1. The van der Waals surface area contributed by atoms with Crippen molar-refractivity contribution in [3.8, 4) is 0 Å². The molecule has 2 fully saturated rings. The molecule has 4 unspecified atom stereocenters. The van der Waals surface area contributed by atoms with Gasteiger partial charge in [-0.1, -0.05) is 30.9 Å². The Balaban J connectivity index is 1.81. The maximum Gasteiger partial charge on any atom is 0.235 e. The smallest absolute Gasteiger partial charge is 0.235 e. The van der Waals surface area contributed by atoms with Crippen LogP contribution in [0.1, 0.15) is 13.8 Å². The first-order valence-electron chi connectivity index (χ1n) is 8.36. The Bertz CT molecular complexity index is 643. The van der Waals surface area contributed by atoms with Gasteiger partial charge in [-0.2, -0.15) is 0 Å². The quantitative estimate of drug-likeness (QED) is 0.493. The average molecular weight is 385 g/mol. The van der Waals surface area contributed by atoms with Crippen molar-refractivity contribution in [3.63, 3.8) is 0 Å². The van der Waals surface area contributed by atoms with Gasteiger partial charge in [0.25, 0.3) is 0 Å². The Morgan fingerprint density at radius 1 is 1.36 bits per heavy atom. The van der Waals surface area contributed by atoms with Gasteiger partial charge in [0.15, 0.2) is 0 Å². The Morgan fingerprint density at radius 3 is 2.48 bits per heavy atom. The molecule has 0 aromatic heterocycles. The molecule has 1 amide bonds. The van der Waals surface area contributed by atoms with Gasteiger partial charge in [-0.25, -0.2) is 0 Å². The Hall–Kier alpha value is -1.16. The average Bonchev–Trinajstić information content (AvgIpc) is 2.77. The second-order valence-corrected chi connectivity index (χ2v) is 8.59. The van der Waals surface area contributed by atoms with E-state index < -0.39 is 18.0 Å². The molecule has 4 atom stereocenters. The molecular formula is C16H22N3O4S2-. The SMILES string of the molecule is CC(O)C1C(=O)N2C(C(=O)[O-])=C(SC(=S)N3CCN(C)CC3)C(C)C12. The van der Waals surface area contributed by atoms with Crippen LogP contribution in [-0.2, 0) is 9.59 Å². The molecule has 1 N–H and O–H groups in total. The van der Waals surface area contributed by atoms with Gasteiger partial charge in [-0.15, -0.1) is 0 Å². The van der Waals surface area contributed by atoms with E-state index in [0.29, 0.717) is 9.23 Å².